The second-order valence-electron chi connectivity index (χ2n) is 11.8. The molecular formula is C28H35FN2O5. The minimum Gasteiger partial charge on any atom is -0.496 e. The number of ether oxygens (including phenoxy) is 2. The number of hydrogen-bond acceptors (Lipinski definition) is 5. The van der Waals surface area contributed by atoms with Gasteiger partial charge in [0, 0.05) is 24.1 Å². The van der Waals surface area contributed by atoms with Crippen LogP contribution in [0.1, 0.15) is 62.7 Å². The molecule has 4 atom stereocenters. The quantitative estimate of drug-likeness (QED) is 0.399. The van der Waals surface area contributed by atoms with Crippen LogP contribution >= 0.6 is 0 Å². The van der Waals surface area contributed by atoms with Gasteiger partial charge in [-0.05, 0) is 55.4 Å². The van der Waals surface area contributed by atoms with E-state index in [1.54, 1.807) is 0 Å². The zero-order valence-electron chi connectivity index (χ0n) is 21.1. The molecule has 0 radical (unpaired) electrons. The molecule has 4 aliphatic rings. The van der Waals surface area contributed by atoms with Gasteiger partial charge < -0.3 is 24.9 Å². The Labute approximate surface area is 211 Å². The molecule has 4 aliphatic carbocycles. The van der Waals surface area contributed by atoms with Crippen LogP contribution in [0.25, 0.3) is 0 Å². The van der Waals surface area contributed by atoms with Crippen LogP contribution in [0, 0.1) is 34.4 Å². The lowest BCUT2D eigenvalue weighted by Crippen LogP contribution is -2.50. The summed E-state index contributed by atoms with van der Waals surface area (Å²) in [7, 11) is 1.38. The van der Waals surface area contributed by atoms with Gasteiger partial charge in [0.25, 0.3) is 5.91 Å². The lowest BCUT2D eigenvalue weighted by Gasteiger charge is -2.40. The zero-order chi connectivity index (χ0) is 25.7. The summed E-state index contributed by atoms with van der Waals surface area (Å²) in [6.07, 6.45) is 10.0. The van der Waals surface area contributed by atoms with Crippen molar-refractivity contribution < 1.29 is 28.2 Å². The average Bonchev–Trinajstić information content (AvgIpc) is 3.42. The van der Waals surface area contributed by atoms with Crippen LogP contribution in [0.5, 0.6) is 11.5 Å². The molecule has 2 N–H and O–H groups in total. The predicted octanol–water partition coefficient (Wildman–Crippen LogP) is 3.81. The Balaban J connectivity index is 1.30. The smallest absolute Gasteiger partial charge is 0.255 e. The number of benzene rings is 1. The monoisotopic (exact) mass is 498 g/mol. The molecule has 2 amide bonds. The third kappa shape index (κ3) is 4.50. The van der Waals surface area contributed by atoms with Crippen molar-refractivity contribution in [3.05, 3.63) is 35.7 Å². The Bertz CT molecular complexity index is 1090. The van der Waals surface area contributed by atoms with Gasteiger partial charge in [-0.1, -0.05) is 32.4 Å². The molecule has 0 saturated heterocycles. The number of carbonyl (C=O) groups is 3. The number of aldehydes is 1. The van der Waals surface area contributed by atoms with Gasteiger partial charge in [0.15, 0.2) is 11.6 Å². The molecule has 36 heavy (non-hydrogen) atoms. The van der Waals surface area contributed by atoms with Gasteiger partial charge in [-0.15, -0.1) is 0 Å². The Morgan fingerprint density at radius 1 is 1.14 bits per heavy atom. The molecule has 0 heterocycles. The van der Waals surface area contributed by atoms with Gasteiger partial charge >= 0.3 is 0 Å². The maximum atomic E-state index is 14.7. The Hall–Kier alpha value is -2.90. The topological polar surface area (TPSA) is 93.7 Å². The molecule has 0 spiro atoms. The van der Waals surface area contributed by atoms with E-state index >= 15 is 0 Å². The summed E-state index contributed by atoms with van der Waals surface area (Å²) in [6, 6.07) is 2.16. The van der Waals surface area contributed by atoms with E-state index in [4.69, 9.17) is 9.47 Å². The molecule has 0 aliphatic heterocycles. The fraction of sp³-hybridized carbons (Fsp3) is 0.607. The second-order valence-corrected chi connectivity index (χ2v) is 11.8. The van der Waals surface area contributed by atoms with Crippen LogP contribution in [0.4, 0.5) is 4.39 Å². The normalized spacial score (nSPS) is 33.3. The number of methoxy groups -OCH3 is 1. The van der Waals surface area contributed by atoms with Gasteiger partial charge in [-0.25, -0.2) is 4.39 Å². The highest BCUT2D eigenvalue weighted by molar-refractivity contribution is 5.98. The molecule has 0 aromatic heterocycles. The van der Waals surface area contributed by atoms with Crippen molar-refractivity contribution in [2.45, 2.75) is 64.5 Å². The van der Waals surface area contributed by atoms with E-state index in [9.17, 15) is 18.8 Å². The molecular weight excluding hydrogens is 463 g/mol. The largest absolute Gasteiger partial charge is 0.496 e. The molecule has 8 heteroatoms. The maximum absolute atomic E-state index is 14.7. The van der Waals surface area contributed by atoms with E-state index in [1.807, 2.05) is 6.92 Å². The fourth-order valence-corrected chi connectivity index (χ4v) is 6.29. The summed E-state index contributed by atoms with van der Waals surface area (Å²) in [4.78, 5) is 37.8. The van der Waals surface area contributed by atoms with E-state index in [-0.39, 0.29) is 58.3 Å². The minimum atomic E-state index is -0.632. The molecule has 0 unspecified atom stereocenters. The predicted molar refractivity (Wildman–Crippen MR) is 131 cm³/mol. The molecule has 1 aromatic carbocycles. The molecule has 194 valence electrons. The van der Waals surface area contributed by atoms with Crippen LogP contribution in [-0.2, 0) is 9.59 Å². The maximum Gasteiger partial charge on any atom is 0.255 e. The van der Waals surface area contributed by atoms with Crippen molar-refractivity contribution in [3.8, 4) is 11.5 Å². The highest BCUT2D eigenvalue weighted by Gasteiger charge is 2.49. The number of amides is 2. The van der Waals surface area contributed by atoms with Crippen LogP contribution < -0.4 is 20.1 Å². The molecule has 1 aromatic rings. The van der Waals surface area contributed by atoms with E-state index in [2.05, 4.69) is 29.7 Å². The molecule has 3 fully saturated rings. The number of rotatable bonds is 9. The van der Waals surface area contributed by atoms with Gasteiger partial charge in [0.2, 0.25) is 5.91 Å². The third-order valence-corrected chi connectivity index (χ3v) is 8.77. The van der Waals surface area contributed by atoms with Crippen LogP contribution in [-0.4, -0.2) is 43.9 Å². The number of fused-ring (bicyclic) bond motifs is 2. The lowest BCUT2D eigenvalue weighted by atomic mass is 9.69. The Kier molecular flexibility index (Phi) is 6.33. The first kappa shape index (κ1) is 24.8. The van der Waals surface area contributed by atoms with Crippen molar-refractivity contribution in [3.63, 3.8) is 0 Å². The fourth-order valence-electron chi connectivity index (χ4n) is 6.29. The van der Waals surface area contributed by atoms with Crippen LogP contribution in [0.3, 0.4) is 0 Å². The highest BCUT2D eigenvalue weighted by atomic mass is 19.1. The standard InChI is InChI=1S/C28H35FN2O5/c1-27(7-4-8-27)14-30-26(34)23-16-5-6-17(9-16)24(23)31-25(33)19-10-22(20(29)11-21(19)35-3)36-18-12-28(2,13-18)15-32/h5-6,10-11,15-18,23-24H,4,7-9,12-14H2,1-3H3,(H,30,34)(H,31,33)/t16-,17-,18-,23-,24+,28+/m0/s1. The number of hydrogen-bond donors (Lipinski definition) is 2. The summed E-state index contributed by atoms with van der Waals surface area (Å²) in [5.74, 6) is -1.21. The summed E-state index contributed by atoms with van der Waals surface area (Å²) < 4.78 is 25.8. The summed E-state index contributed by atoms with van der Waals surface area (Å²) in [6.45, 7) is 4.69. The van der Waals surface area contributed by atoms with Crippen molar-refractivity contribution in [2.24, 2.45) is 28.6 Å². The number of halogens is 1. The van der Waals surface area contributed by atoms with Gasteiger partial charge in [0.1, 0.15) is 18.1 Å². The SMILES string of the molecule is COc1cc(F)c(O[C@H]2C[C@@](C)(C=O)C2)cc1C(=O)N[C@H]1[C@@H](C(=O)NCC2(C)CCC2)[C@H]2C=C[C@H]1C2. The summed E-state index contributed by atoms with van der Waals surface area (Å²) >= 11 is 0. The van der Waals surface area contributed by atoms with Crippen molar-refractivity contribution in [1.82, 2.24) is 10.6 Å². The highest BCUT2D eigenvalue weighted by Crippen LogP contribution is 2.45. The molecule has 5 rings (SSSR count). The summed E-state index contributed by atoms with van der Waals surface area (Å²) in [5.41, 5.74) is -0.128. The van der Waals surface area contributed by atoms with Crippen LogP contribution in [0.15, 0.2) is 24.3 Å². The van der Waals surface area contributed by atoms with E-state index < -0.39 is 17.1 Å². The van der Waals surface area contributed by atoms with E-state index in [1.165, 1.54) is 19.6 Å². The van der Waals surface area contributed by atoms with E-state index in [0.29, 0.717) is 19.4 Å². The van der Waals surface area contributed by atoms with Crippen molar-refractivity contribution in [1.29, 1.82) is 0 Å². The minimum absolute atomic E-state index is 0.0245. The Morgan fingerprint density at radius 2 is 1.86 bits per heavy atom. The van der Waals surface area contributed by atoms with Gasteiger partial charge in [-0.3, -0.25) is 9.59 Å². The van der Waals surface area contributed by atoms with Crippen molar-refractivity contribution >= 4 is 18.1 Å². The lowest BCUT2D eigenvalue weighted by molar-refractivity contribution is -0.127. The average molecular weight is 499 g/mol. The molecule has 3 saturated carbocycles. The first-order valence-corrected chi connectivity index (χ1v) is 12.9. The van der Waals surface area contributed by atoms with E-state index in [0.717, 1.165) is 31.6 Å². The first-order valence-electron chi connectivity index (χ1n) is 12.9. The van der Waals surface area contributed by atoms with Crippen LogP contribution in [0.2, 0.25) is 0 Å². The number of carbonyl (C=O) groups excluding carboxylic acids is 3. The van der Waals surface area contributed by atoms with Gasteiger partial charge in [-0.2, -0.15) is 0 Å². The molecule has 2 bridgehead atoms. The Morgan fingerprint density at radius 3 is 2.50 bits per heavy atom. The van der Waals surface area contributed by atoms with Gasteiger partial charge in [0.05, 0.1) is 18.6 Å². The zero-order valence-corrected chi connectivity index (χ0v) is 21.1. The first-order chi connectivity index (χ1) is 17.1. The number of nitrogens with one attached hydrogen (secondary N) is 2. The third-order valence-electron chi connectivity index (χ3n) is 8.77. The second kappa shape index (κ2) is 9.20. The summed E-state index contributed by atoms with van der Waals surface area (Å²) in [5, 5.41) is 6.19. The van der Waals surface area contributed by atoms with Crippen molar-refractivity contribution in [2.75, 3.05) is 13.7 Å². The molecule has 7 nitrogen and oxygen atoms in total. The number of allylic oxidation sites excluding steroid dienone is 1.